The van der Waals surface area contributed by atoms with Crippen molar-refractivity contribution in [2.45, 2.75) is 44.2 Å². The molecule has 0 atom stereocenters. The summed E-state index contributed by atoms with van der Waals surface area (Å²) in [6.45, 7) is 6.24. The molecule has 4 rings (SSSR count). The first-order valence-corrected chi connectivity index (χ1v) is 11.1. The molecule has 0 saturated heterocycles. The molecule has 2 heterocycles. The number of nitrogens with zero attached hydrogens (tertiary/aromatic N) is 3. The van der Waals surface area contributed by atoms with Gasteiger partial charge in [-0.3, -0.25) is 0 Å². The maximum atomic E-state index is 13.7. The number of hydrogen-bond acceptors (Lipinski definition) is 7. The highest BCUT2D eigenvalue weighted by Crippen LogP contribution is 2.30. The minimum atomic E-state index is -0.462. The van der Waals surface area contributed by atoms with E-state index in [2.05, 4.69) is 30.1 Å². The minimum Gasteiger partial charge on any atom is -0.482 e. The predicted octanol–water partition coefficient (Wildman–Crippen LogP) is 4.54. The average molecular weight is 455 g/mol. The monoisotopic (exact) mass is 454 g/mol. The number of ether oxygens (including phenoxy) is 1. The second-order valence-electron chi connectivity index (χ2n) is 7.73. The Hall–Kier alpha value is -3.33. The van der Waals surface area contributed by atoms with Crippen LogP contribution in [0.25, 0.3) is 11.0 Å². The van der Waals surface area contributed by atoms with Crippen LogP contribution in [0.3, 0.4) is 0 Å². The Morgan fingerprint density at radius 1 is 1.22 bits per heavy atom. The van der Waals surface area contributed by atoms with Crippen LogP contribution >= 0.6 is 11.8 Å². The quantitative estimate of drug-likeness (QED) is 0.249. The molecule has 166 valence electrons. The van der Waals surface area contributed by atoms with E-state index < -0.39 is 11.4 Å². The molecule has 0 saturated carbocycles. The number of thioether (sulfide) groups is 1. The highest BCUT2D eigenvalue weighted by atomic mass is 32.2. The lowest BCUT2D eigenvalue weighted by Gasteiger charge is -2.13. The van der Waals surface area contributed by atoms with Crippen LogP contribution in [-0.4, -0.2) is 14.9 Å². The molecular weight excluding hydrogens is 431 g/mol. The number of halogens is 1. The van der Waals surface area contributed by atoms with Crippen LogP contribution in [0.2, 0.25) is 0 Å². The Bertz CT molecular complexity index is 1330. The molecule has 0 radical (unpaired) electrons. The SMILES string of the molecule is Cc1cc2oc(=O)cc(CSc3nnc(COc4ccccc4F)n3N)c2cc1C(C)C. The Morgan fingerprint density at radius 3 is 2.75 bits per heavy atom. The van der Waals surface area contributed by atoms with Crippen LogP contribution in [0, 0.1) is 12.7 Å². The summed E-state index contributed by atoms with van der Waals surface area (Å²) in [7, 11) is 0. The highest BCUT2D eigenvalue weighted by molar-refractivity contribution is 7.98. The first kappa shape index (κ1) is 21.9. The smallest absolute Gasteiger partial charge is 0.336 e. The zero-order valence-corrected chi connectivity index (χ0v) is 18.8. The summed E-state index contributed by atoms with van der Waals surface area (Å²) in [5.74, 6) is 6.91. The van der Waals surface area contributed by atoms with E-state index in [4.69, 9.17) is 15.0 Å². The zero-order valence-electron chi connectivity index (χ0n) is 18.0. The van der Waals surface area contributed by atoms with Crippen LogP contribution in [0.1, 0.15) is 42.3 Å². The number of rotatable bonds is 7. The van der Waals surface area contributed by atoms with Crippen molar-refractivity contribution in [3.8, 4) is 5.75 Å². The maximum absolute atomic E-state index is 13.7. The van der Waals surface area contributed by atoms with Crippen LogP contribution in [0.15, 0.2) is 56.8 Å². The summed E-state index contributed by atoms with van der Waals surface area (Å²) in [5.41, 5.74) is 3.27. The van der Waals surface area contributed by atoms with E-state index in [1.807, 2.05) is 13.0 Å². The van der Waals surface area contributed by atoms with Crippen LogP contribution < -0.4 is 16.2 Å². The van der Waals surface area contributed by atoms with Crippen molar-refractivity contribution in [3.05, 3.63) is 81.2 Å². The van der Waals surface area contributed by atoms with Crippen molar-refractivity contribution in [2.75, 3.05) is 5.84 Å². The van der Waals surface area contributed by atoms with Crippen molar-refractivity contribution in [3.63, 3.8) is 0 Å². The molecule has 0 aliphatic heterocycles. The third-order valence-corrected chi connectivity index (χ3v) is 6.12. The summed E-state index contributed by atoms with van der Waals surface area (Å²) in [5, 5.41) is 9.48. The molecule has 32 heavy (non-hydrogen) atoms. The van der Waals surface area contributed by atoms with Crippen molar-refractivity contribution in [1.82, 2.24) is 14.9 Å². The van der Waals surface area contributed by atoms with Crippen LogP contribution in [-0.2, 0) is 12.4 Å². The summed E-state index contributed by atoms with van der Waals surface area (Å²) in [4.78, 5) is 12.1. The summed E-state index contributed by atoms with van der Waals surface area (Å²) >= 11 is 1.34. The number of nitrogens with two attached hydrogens (primary N) is 1. The highest BCUT2D eigenvalue weighted by Gasteiger charge is 2.15. The van der Waals surface area contributed by atoms with Gasteiger partial charge in [0.25, 0.3) is 0 Å². The van der Waals surface area contributed by atoms with E-state index in [9.17, 15) is 9.18 Å². The second-order valence-corrected chi connectivity index (χ2v) is 8.67. The zero-order chi connectivity index (χ0) is 22.8. The van der Waals surface area contributed by atoms with E-state index in [0.717, 1.165) is 16.5 Å². The molecule has 2 aromatic carbocycles. The lowest BCUT2D eigenvalue weighted by atomic mass is 9.95. The van der Waals surface area contributed by atoms with Gasteiger partial charge in [0.2, 0.25) is 5.16 Å². The molecule has 0 amide bonds. The Morgan fingerprint density at radius 2 is 2.00 bits per heavy atom. The van der Waals surface area contributed by atoms with Gasteiger partial charge < -0.3 is 15.0 Å². The van der Waals surface area contributed by atoms with E-state index in [1.54, 1.807) is 12.1 Å². The van der Waals surface area contributed by atoms with E-state index >= 15 is 0 Å². The molecule has 9 heteroatoms. The lowest BCUT2D eigenvalue weighted by Crippen LogP contribution is -2.16. The number of aryl methyl sites for hydroxylation is 1. The molecular formula is C23H23FN4O3S. The Labute approximate surface area is 188 Å². The molecule has 0 fully saturated rings. The third kappa shape index (κ3) is 4.47. The average Bonchev–Trinajstić information content (AvgIpc) is 3.10. The van der Waals surface area contributed by atoms with Gasteiger partial charge in [-0.15, -0.1) is 10.2 Å². The van der Waals surface area contributed by atoms with Gasteiger partial charge >= 0.3 is 5.63 Å². The number of para-hydroxylation sites is 1. The fourth-order valence-corrected chi connectivity index (χ4v) is 4.35. The predicted molar refractivity (Wildman–Crippen MR) is 122 cm³/mol. The van der Waals surface area contributed by atoms with Gasteiger partial charge in [0.05, 0.1) is 0 Å². The first-order chi connectivity index (χ1) is 15.3. The maximum Gasteiger partial charge on any atom is 0.336 e. The minimum absolute atomic E-state index is 0.0279. The summed E-state index contributed by atoms with van der Waals surface area (Å²) in [6.07, 6.45) is 0. The largest absolute Gasteiger partial charge is 0.482 e. The lowest BCUT2D eigenvalue weighted by molar-refractivity contribution is 0.277. The molecule has 0 spiro atoms. The van der Waals surface area contributed by atoms with Gasteiger partial charge in [-0.2, -0.15) is 0 Å². The molecule has 0 aliphatic carbocycles. The van der Waals surface area contributed by atoms with E-state index in [0.29, 0.717) is 28.2 Å². The van der Waals surface area contributed by atoms with Crippen LogP contribution in [0.4, 0.5) is 4.39 Å². The molecule has 4 aromatic rings. The second kappa shape index (κ2) is 9.04. The van der Waals surface area contributed by atoms with Gasteiger partial charge in [-0.25, -0.2) is 13.9 Å². The molecule has 0 unspecified atom stereocenters. The number of fused-ring (bicyclic) bond motifs is 1. The molecule has 0 aliphatic rings. The fourth-order valence-electron chi connectivity index (χ4n) is 3.48. The molecule has 0 bridgehead atoms. The first-order valence-electron chi connectivity index (χ1n) is 10.1. The Kier molecular flexibility index (Phi) is 6.18. The number of hydrogen-bond donors (Lipinski definition) is 1. The normalized spacial score (nSPS) is 11.4. The van der Waals surface area contributed by atoms with Crippen molar-refractivity contribution in [2.24, 2.45) is 0 Å². The summed E-state index contributed by atoms with van der Waals surface area (Å²) in [6, 6.07) is 11.6. The molecule has 2 N–H and O–H groups in total. The van der Waals surface area contributed by atoms with Crippen molar-refractivity contribution >= 4 is 22.7 Å². The van der Waals surface area contributed by atoms with Gasteiger partial charge in [0.15, 0.2) is 17.4 Å². The van der Waals surface area contributed by atoms with E-state index in [-0.39, 0.29) is 12.4 Å². The third-order valence-electron chi connectivity index (χ3n) is 5.12. The van der Waals surface area contributed by atoms with Crippen molar-refractivity contribution < 1.29 is 13.5 Å². The topological polar surface area (TPSA) is 96.2 Å². The number of aromatic nitrogens is 3. The number of nitrogen functional groups attached to an aromatic ring is 1. The Balaban J connectivity index is 1.54. The fraction of sp³-hybridized carbons (Fsp3) is 0.261. The standard InChI is InChI=1S/C23H23FN4O3S/c1-13(2)16-10-17-15(9-22(29)31-20(17)8-14(16)3)12-32-23-27-26-21(28(23)25)11-30-19-7-5-4-6-18(19)24/h4-10,13H,11-12,25H2,1-3H3. The van der Waals surface area contributed by atoms with Gasteiger partial charge in [-0.05, 0) is 53.8 Å². The van der Waals surface area contributed by atoms with Gasteiger partial charge in [0.1, 0.15) is 12.2 Å². The molecule has 2 aromatic heterocycles. The molecule has 7 nitrogen and oxygen atoms in total. The van der Waals surface area contributed by atoms with Gasteiger partial charge in [-0.1, -0.05) is 37.7 Å². The summed E-state index contributed by atoms with van der Waals surface area (Å²) < 4.78 is 25.9. The van der Waals surface area contributed by atoms with Crippen molar-refractivity contribution in [1.29, 1.82) is 0 Å². The van der Waals surface area contributed by atoms with Gasteiger partial charge in [0, 0.05) is 17.2 Å². The van der Waals surface area contributed by atoms with E-state index in [1.165, 1.54) is 40.2 Å². The van der Waals surface area contributed by atoms with Crippen LogP contribution in [0.5, 0.6) is 5.75 Å². The number of benzene rings is 2.